The molecule has 62 heavy (non-hydrogen) atoms. The second-order valence-electron chi connectivity index (χ2n) is 17.5. The molecule has 0 radical (unpaired) electrons. The lowest BCUT2D eigenvalue weighted by Crippen LogP contribution is -2.65. The highest BCUT2D eigenvalue weighted by atomic mass is 19.4. The minimum atomic E-state index is -5.25. The monoisotopic (exact) mass is 886 g/mol. The summed E-state index contributed by atoms with van der Waals surface area (Å²) in [5.41, 5.74) is -2.06. The average Bonchev–Trinajstić information content (AvgIpc) is 3.74. The minimum Gasteiger partial charge on any atom is -0.481 e. The quantitative estimate of drug-likeness (QED) is 0.145. The number of rotatable bonds is 19. The zero-order chi connectivity index (χ0) is 46.9. The van der Waals surface area contributed by atoms with Crippen LogP contribution in [-0.2, 0) is 43.2 Å². The molecule has 3 rings (SSSR count). The standard InChI is InChI=1S/C41H65F3N8O10/c1-9-24(2)32(46-38(61)40(4,5)47-39(62)41(42,43)44)37(60)49(7)25(3)33(56)52-20-17-28(52)36(59)50(8)29(21-26-15-11-10-12-16-26)35(58)48(6)23-30(53)45-27(22-31(54)55)34(57)51-18-13-14-19-51/h24-29,32H,9-23H2,1-8H3,(H,45,53)(H,46,61)(H,47,62)(H,54,55)/t24-,25-,27-,28-,29-,32-/m0/s1. The van der Waals surface area contributed by atoms with Crippen molar-refractivity contribution >= 4 is 53.2 Å². The molecule has 6 atom stereocenters. The molecule has 3 fully saturated rings. The molecule has 0 bridgehead atoms. The molecule has 350 valence electrons. The number of aliphatic carboxylic acids is 1. The molecule has 4 N–H and O–H groups in total. The van der Waals surface area contributed by atoms with Crippen molar-refractivity contribution in [3.8, 4) is 0 Å². The molecule has 0 aromatic heterocycles. The summed E-state index contributed by atoms with van der Waals surface area (Å²) in [5, 5.41) is 16.0. The van der Waals surface area contributed by atoms with Crippen LogP contribution in [0, 0.1) is 11.8 Å². The Kier molecular flexibility index (Phi) is 18.1. The number of carbonyl (C=O) groups is 9. The number of likely N-dealkylation sites (N-methyl/N-ethyl adjacent to an activating group) is 3. The van der Waals surface area contributed by atoms with Crippen LogP contribution >= 0.6 is 0 Å². The summed E-state index contributed by atoms with van der Waals surface area (Å²) < 4.78 is 38.9. The van der Waals surface area contributed by atoms with Gasteiger partial charge in [0.1, 0.15) is 35.7 Å². The summed E-state index contributed by atoms with van der Waals surface area (Å²) in [4.78, 5) is 125. The fraction of sp³-hybridized carbons (Fsp3) is 0.780. The van der Waals surface area contributed by atoms with Crippen LogP contribution in [0.15, 0.2) is 0 Å². The number of hydrogen-bond donors (Lipinski definition) is 4. The first-order valence-electron chi connectivity index (χ1n) is 21.4. The number of halogens is 3. The van der Waals surface area contributed by atoms with Gasteiger partial charge < -0.3 is 45.6 Å². The van der Waals surface area contributed by atoms with Crippen LogP contribution in [0.3, 0.4) is 0 Å². The van der Waals surface area contributed by atoms with Crippen LogP contribution in [0.5, 0.6) is 0 Å². The van der Waals surface area contributed by atoms with E-state index in [1.807, 2.05) is 0 Å². The van der Waals surface area contributed by atoms with E-state index in [1.54, 1.807) is 19.2 Å². The van der Waals surface area contributed by atoms with E-state index in [1.165, 1.54) is 42.8 Å². The highest BCUT2D eigenvalue weighted by molar-refractivity contribution is 5.98. The number of nitrogens with one attached hydrogen (secondary N) is 3. The largest absolute Gasteiger partial charge is 0.481 e. The van der Waals surface area contributed by atoms with Gasteiger partial charge in [0.05, 0.1) is 13.0 Å². The molecule has 0 spiro atoms. The second kappa shape index (κ2) is 21.9. The van der Waals surface area contributed by atoms with Crippen LogP contribution in [0.25, 0.3) is 0 Å². The lowest BCUT2D eigenvalue weighted by molar-refractivity contribution is -0.176. The lowest BCUT2D eigenvalue weighted by atomic mass is 9.84. The Bertz CT molecular complexity index is 1680. The summed E-state index contributed by atoms with van der Waals surface area (Å²) in [6, 6.07) is -5.82. The molecule has 1 saturated carbocycles. The van der Waals surface area contributed by atoms with Gasteiger partial charge in [0.2, 0.25) is 41.4 Å². The van der Waals surface area contributed by atoms with Gasteiger partial charge in [0, 0.05) is 40.8 Å². The normalized spacial score (nSPS) is 19.4. The Labute approximate surface area is 361 Å². The number of amides is 8. The van der Waals surface area contributed by atoms with Crippen molar-refractivity contribution in [3.05, 3.63) is 0 Å². The van der Waals surface area contributed by atoms with Gasteiger partial charge in [-0.1, -0.05) is 52.4 Å². The second-order valence-corrected chi connectivity index (χ2v) is 17.5. The summed E-state index contributed by atoms with van der Waals surface area (Å²) in [6.07, 6.45) is 1.10. The van der Waals surface area contributed by atoms with Crippen molar-refractivity contribution in [1.82, 2.24) is 40.4 Å². The molecule has 2 heterocycles. The molecule has 21 heteroatoms. The lowest BCUT2D eigenvalue weighted by Gasteiger charge is -2.45. The molecule has 2 aliphatic heterocycles. The molecule has 0 unspecified atom stereocenters. The average molecular weight is 887 g/mol. The molecule has 0 aromatic rings. The maximum atomic E-state index is 14.2. The Hall–Kier alpha value is -4.98. The smallest absolute Gasteiger partial charge is 0.471 e. The number of alkyl halides is 3. The highest BCUT2D eigenvalue weighted by Crippen LogP contribution is 2.31. The van der Waals surface area contributed by atoms with E-state index in [4.69, 9.17) is 0 Å². The van der Waals surface area contributed by atoms with Crippen molar-refractivity contribution in [2.45, 2.75) is 147 Å². The van der Waals surface area contributed by atoms with E-state index in [0.29, 0.717) is 19.5 Å². The van der Waals surface area contributed by atoms with E-state index < -0.39 is 114 Å². The highest BCUT2D eigenvalue weighted by Gasteiger charge is 2.47. The summed E-state index contributed by atoms with van der Waals surface area (Å²) in [5.74, 6) is -8.82. The van der Waals surface area contributed by atoms with Crippen LogP contribution in [-0.4, -0.2) is 172 Å². The molecule has 1 aliphatic carbocycles. The first-order chi connectivity index (χ1) is 28.8. The first-order valence-corrected chi connectivity index (χ1v) is 21.4. The zero-order valence-corrected chi connectivity index (χ0v) is 37.1. The predicted molar refractivity (Wildman–Crippen MR) is 217 cm³/mol. The Balaban J connectivity index is 1.75. The molecule has 0 aromatic carbocycles. The maximum Gasteiger partial charge on any atom is 0.471 e. The third-order valence-electron chi connectivity index (χ3n) is 12.5. The van der Waals surface area contributed by atoms with Gasteiger partial charge in [0.25, 0.3) is 0 Å². The van der Waals surface area contributed by atoms with Crippen LogP contribution in [0.1, 0.15) is 105 Å². The van der Waals surface area contributed by atoms with Crippen molar-refractivity contribution < 1.29 is 61.4 Å². The number of likely N-dealkylation sites (tertiary alicyclic amines) is 2. The molecule has 2 saturated heterocycles. The molecule has 8 amide bonds. The molecule has 3 aliphatic rings. The molecular formula is C41H65F3N8O10. The third kappa shape index (κ3) is 13.3. The van der Waals surface area contributed by atoms with Gasteiger partial charge in [-0.3, -0.25) is 43.2 Å². The summed E-state index contributed by atoms with van der Waals surface area (Å²) >= 11 is 0. The van der Waals surface area contributed by atoms with Crippen molar-refractivity contribution in [2.75, 3.05) is 47.3 Å². The van der Waals surface area contributed by atoms with Gasteiger partial charge in [-0.2, -0.15) is 13.2 Å². The van der Waals surface area contributed by atoms with Gasteiger partial charge >= 0.3 is 18.1 Å². The predicted octanol–water partition coefficient (Wildman–Crippen LogP) is 1.26. The molecule has 18 nitrogen and oxygen atoms in total. The van der Waals surface area contributed by atoms with Gasteiger partial charge in [-0.25, -0.2) is 0 Å². The fourth-order valence-corrected chi connectivity index (χ4v) is 8.01. The number of hydrogen-bond acceptors (Lipinski definition) is 9. The maximum absolute atomic E-state index is 14.2. The molecular weight excluding hydrogens is 821 g/mol. The van der Waals surface area contributed by atoms with E-state index in [0.717, 1.165) is 68.6 Å². The van der Waals surface area contributed by atoms with E-state index >= 15 is 0 Å². The van der Waals surface area contributed by atoms with E-state index in [9.17, 15) is 61.4 Å². The summed E-state index contributed by atoms with van der Waals surface area (Å²) in [7, 11) is 4.16. The van der Waals surface area contributed by atoms with Crippen LogP contribution < -0.4 is 16.0 Å². The topological polar surface area (TPSA) is 226 Å². The number of nitrogens with zero attached hydrogens (tertiary/aromatic N) is 5. The van der Waals surface area contributed by atoms with Gasteiger partial charge in [0.15, 0.2) is 0 Å². The Morgan fingerprint density at radius 2 is 1.37 bits per heavy atom. The van der Waals surface area contributed by atoms with Crippen molar-refractivity contribution in [2.24, 2.45) is 11.8 Å². The fourth-order valence-electron chi connectivity index (χ4n) is 8.01. The van der Waals surface area contributed by atoms with E-state index in [2.05, 4.69) is 10.6 Å². The first kappa shape index (κ1) is 51.4. The van der Waals surface area contributed by atoms with E-state index in [-0.39, 0.29) is 25.3 Å². The summed E-state index contributed by atoms with van der Waals surface area (Å²) in [6.45, 7) is 7.43. The van der Waals surface area contributed by atoms with Crippen molar-refractivity contribution in [3.63, 3.8) is 0 Å². The van der Waals surface area contributed by atoms with Gasteiger partial charge in [-0.15, -0.1) is 0 Å². The number of carboxylic acid groups (broad SMARTS) is 1. The SMILES string of the molecule is CC[C@H](C)[C@H](NC(=O)C(C)(C)NC(=O)C(F)(F)F)C(=O)N(C)[C@@H](C)C(=O)N1CC[C@H]1C(=O)N(C)[C@@H](CC1CCCCC1)C(=O)N(C)CC(=O)N[C@@H](CC(=O)O)C(=O)N1CCCC1. The zero-order valence-electron chi connectivity index (χ0n) is 37.1. The third-order valence-corrected chi connectivity index (χ3v) is 12.5. The van der Waals surface area contributed by atoms with Crippen LogP contribution in [0.2, 0.25) is 0 Å². The van der Waals surface area contributed by atoms with Crippen molar-refractivity contribution in [1.29, 1.82) is 0 Å². The Morgan fingerprint density at radius 3 is 1.89 bits per heavy atom. The van der Waals surface area contributed by atoms with Gasteiger partial charge in [-0.05, 0) is 58.3 Å². The minimum absolute atomic E-state index is 0.0949. The number of carbonyl (C=O) groups excluding carboxylic acids is 8. The Morgan fingerprint density at radius 1 is 0.774 bits per heavy atom. The number of carboxylic acids is 1. The van der Waals surface area contributed by atoms with Crippen LogP contribution in [0.4, 0.5) is 13.2 Å².